The van der Waals surface area contributed by atoms with Gasteiger partial charge in [-0.25, -0.2) is 4.79 Å². The molecule has 1 aromatic carbocycles. The maximum Gasteiger partial charge on any atom is 0.717 e. The molecule has 1 fully saturated rings. The van der Waals surface area contributed by atoms with Gasteiger partial charge in [0.05, 0.1) is 22.9 Å². The molecule has 1 atom stereocenters. The molecule has 22 heavy (non-hydrogen) atoms. The number of hydrogen-bond donors (Lipinski definition) is 0. The fraction of sp³-hybridized carbons (Fsp3) is 0.467. The first-order chi connectivity index (χ1) is 10.4. The summed E-state index contributed by atoms with van der Waals surface area (Å²) in [5.41, 5.74) is -0.369. The highest BCUT2D eigenvalue weighted by atomic mass is 16.8. The molecule has 6 nitrogen and oxygen atoms in total. The highest BCUT2D eigenvalue weighted by Gasteiger charge is 2.56. The summed E-state index contributed by atoms with van der Waals surface area (Å²) in [6.07, 6.45) is 1.74. The Hall–Kier alpha value is -1.86. The molecular weight excluding hydrogens is 283 g/mol. The van der Waals surface area contributed by atoms with Crippen molar-refractivity contribution in [1.29, 1.82) is 0 Å². The van der Waals surface area contributed by atoms with E-state index >= 15 is 0 Å². The number of para-hydroxylation sites is 1. The first-order valence-corrected chi connectivity index (χ1v) is 7.36. The van der Waals surface area contributed by atoms with Crippen molar-refractivity contribution in [2.24, 2.45) is 0 Å². The molecule has 0 spiro atoms. The van der Waals surface area contributed by atoms with Crippen LogP contribution in [0.5, 0.6) is 0 Å². The van der Waals surface area contributed by atoms with Gasteiger partial charge in [0.15, 0.2) is 0 Å². The number of nitrogens with zero attached hydrogens (tertiary/aromatic N) is 2. The van der Waals surface area contributed by atoms with E-state index in [-0.39, 0.29) is 0 Å². The molecule has 0 saturated carbocycles. The van der Waals surface area contributed by atoms with Crippen LogP contribution in [0.4, 0.5) is 4.79 Å². The molecule has 1 unspecified atom stereocenters. The minimum Gasteiger partial charge on any atom is -0.466 e. The molecule has 1 aliphatic heterocycles. The van der Waals surface area contributed by atoms with Crippen LogP contribution in [0.15, 0.2) is 30.5 Å². The van der Waals surface area contributed by atoms with Gasteiger partial charge in [-0.1, -0.05) is 25.1 Å². The summed E-state index contributed by atoms with van der Waals surface area (Å²) in [5.74, 6) is 0. The van der Waals surface area contributed by atoms with Gasteiger partial charge in [-0.3, -0.25) is 0 Å². The largest absolute Gasteiger partial charge is 0.717 e. The summed E-state index contributed by atoms with van der Waals surface area (Å²) < 4.78 is 18.0. The number of carbonyl (C=O) groups is 1. The number of aromatic nitrogens is 2. The van der Waals surface area contributed by atoms with Gasteiger partial charge in [-0.2, -0.15) is 9.78 Å². The summed E-state index contributed by atoms with van der Waals surface area (Å²) in [6.45, 7) is 7.81. The standard InChI is InChI=1S/C15H19BN2O4/c1-5-15(4)14(2,3)21-16(22-15)20-13(19)18-12-9-7-6-8-11(12)10-17-18/h6-10H,5H2,1-4H3. The quantitative estimate of drug-likeness (QED) is 0.798. The van der Waals surface area contributed by atoms with Gasteiger partial charge in [0.1, 0.15) is 0 Å². The molecule has 0 radical (unpaired) electrons. The van der Waals surface area contributed by atoms with Crippen LogP contribution in [0.1, 0.15) is 34.1 Å². The SMILES string of the molecule is CCC1(C)OB(OC(=O)n2ncc3ccccc32)OC1(C)C. The van der Waals surface area contributed by atoms with Crippen LogP contribution < -0.4 is 0 Å². The van der Waals surface area contributed by atoms with Gasteiger partial charge in [-0.05, 0) is 33.3 Å². The van der Waals surface area contributed by atoms with E-state index in [0.29, 0.717) is 5.52 Å². The second-order valence-corrected chi connectivity index (χ2v) is 6.12. The average Bonchev–Trinajstić information content (AvgIpc) is 2.98. The number of rotatable bonds is 2. The van der Waals surface area contributed by atoms with Crippen LogP contribution in [0.3, 0.4) is 0 Å². The summed E-state index contributed by atoms with van der Waals surface area (Å²) in [7, 11) is -1.03. The van der Waals surface area contributed by atoms with Gasteiger partial charge >= 0.3 is 13.4 Å². The Bertz CT molecular complexity index is 714. The summed E-state index contributed by atoms with van der Waals surface area (Å²) >= 11 is 0. The molecule has 0 bridgehead atoms. The topological polar surface area (TPSA) is 62.6 Å². The fourth-order valence-electron chi connectivity index (χ4n) is 2.55. The van der Waals surface area contributed by atoms with Crippen molar-refractivity contribution in [2.45, 2.75) is 45.3 Å². The summed E-state index contributed by atoms with van der Waals surface area (Å²) in [6, 6.07) is 7.41. The zero-order valence-corrected chi connectivity index (χ0v) is 13.2. The molecular formula is C15H19BN2O4. The smallest absolute Gasteiger partial charge is 0.466 e. The number of carbonyl (C=O) groups excluding carboxylic acids is 1. The summed E-state index contributed by atoms with van der Waals surface area (Å²) in [4.78, 5) is 12.3. The molecule has 2 heterocycles. The zero-order valence-electron chi connectivity index (χ0n) is 13.2. The van der Waals surface area contributed by atoms with Crippen LogP contribution in [0.2, 0.25) is 0 Å². The van der Waals surface area contributed by atoms with Crippen molar-refractivity contribution in [1.82, 2.24) is 9.78 Å². The highest BCUT2D eigenvalue weighted by molar-refractivity contribution is 6.40. The second kappa shape index (κ2) is 5.10. The zero-order chi connectivity index (χ0) is 16.0. The van der Waals surface area contributed by atoms with E-state index in [4.69, 9.17) is 14.0 Å². The lowest BCUT2D eigenvalue weighted by Gasteiger charge is -2.34. The van der Waals surface area contributed by atoms with Crippen molar-refractivity contribution in [3.05, 3.63) is 30.5 Å². The molecule has 0 N–H and O–H groups in total. The van der Waals surface area contributed by atoms with Crippen molar-refractivity contribution in [3.63, 3.8) is 0 Å². The van der Waals surface area contributed by atoms with Crippen LogP contribution >= 0.6 is 0 Å². The average molecular weight is 302 g/mol. The lowest BCUT2D eigenvalue weighted by molar-refractivity contribution is -0.0119. The first kappa shape index (κ1) is 15.1. The molecule has 1 aromatic heterocycles. The third kappa shape index (κ3) is 2.30. The lowest BCUT2D eigenvalue weighted by Crippen LogP contribution is -2.44. The maximum absolute atomic E-state index is 12.3. The highest BCUT2D eigenvalue weighted by Crippen LogP contribution is 2.39. The third-order valence-corrected chi connectivity index (χ3v) is 4.54. The van der Waals surface area contributed by atoms with Crippen molar-refractivity contribution in [3.8, 4) is 0 Å². The lowest BCUT2D eigenvalue weighted by atomic mass is 9.86. The molecule has 1 saturated heterocycles. The molecule has 0 aliphatic carbocycles. The Morgan fingerprint density at radius 2 is 2.05 bits per heavy atom. The Labute approximate surface area is 129 Å². The normalized spacial score (nSPS) is 23.9. The molecule has 1 aliphatic rings. The van der Waals surface area contributed by atoms with E-state index in [1.807, 2.05) is 45.9 Å². The number of hydrogen-bond acceptors (Lipinski definition) is 5. The van der Waals surface area contributed by atoms with E-state index in [2.05, 4.69) is 5.10 Å². The predicted octanol–water partition coefficient (Wildman–Crippen LogP) is 3.00. The van der Waals surface area contributed by atoms with Gasteiger partial charge in [-0.15, -0.1) is 0 Å². The number of benzene rings is 1. The Balaban J connectivity index is 1.78. The van der Waals surface area contributed by atoms with E-state index in [1.54, 1.807) is 12.3 Å². The minimum atomic E-state index is -1.03. The van der Waals surface area contributed by atoms with E-state index in [9.17, 15) is 4.79 Å². The van der Waals surface area contributed by atoms with Crippen molar-refractivity contribution in [2.75, 3.05) is 0 Å². The molecule has 3 rings (SSSR count). The van der Waals surface area contributed by atoms with Crippen LogP contribution in [-0.4, -0.2) is 34.4 Å². The monoisotopic (exact) mass is 302 g/mol. The van der Waals surface area contributed by atoms with Gasteiger partial charge < -0.3 is 14.0 Å². The molecule has 0 amide bonds. The van der Waals surface area contributed by atoms with Gasteiger partial charge in [0.25, 0.3) is 0 Å². The van der Waals surface area contributed by atoms with Crippen LogP contribution in [-0.2, 0) is 14.0 Å². The molecule has 7 heteroatoms. The Morgan fingerprint density at radius 1 is 1.32 bits per heavy atom. The fourth-order valence-corrected chi connectivity index (χ4v) is 2.55. The van der Waals surface area contributed by atoms with Gasteiger partial charge in [0, 0.05) is 5.39 Å². The Kier molecular flexibility index (Phi) is 3.49. The van der Waals surface area contributed by atoms with E-state index < -0.39 is 24.6 Å². The van der Waals surface area contributed by atoms with E-state index in [0.717, 1.165) is 11.8 Å². The van der Waals surface area contributed by atoms with Crippen molar-refractivity contribution >= 4 is 24.3 Å². The maximum atomic E-state index is 12.3. The van der Waals surface area contributed by atoms with E-state index in [1.165, 1.54) is 4.68 Å². The third-order valence-electron chi connectivity index (χ3n) is 4.54. The van der Waals surface area contributed by atoms with Gasteiger partial charge in [0.2, 0.25) is 0 Å². The summed E-state index contributed by atoms with van der Waals surface area (Å²) in [5, 5.41) is 4.93. The second-order valence-electron chi connectivity index (χ2n) is 6.12. The van der Waals surface area contributed by atoms with Crippen LogP contribution in [0, 0.1) is 0 Å². The minimum absolute atomic E-state index is 0.510. The predicted molar refractivity (Wildman–Crippen MR) is 82.3 cm³/mol. The van der Waals surface area contributed by atoms with Crippen molar-refractivity contribution < 1.29 is 18.8 Å². The Morgan fingerprint density at radius 3 is 2.73 bits per heavy atom. The molecule has 116 valence electrons. The number of fused-ring (bicyclic) bond motifs is 1. The molecule has 2 aromatic rings. The first-order valence-electron chi connectivity index (χ1n) is 7.36. The van der Waals surface area contributed by atoms with Crippen LogP contribution in [0.25, 0.3) is 10.9 Å².